The predicted molar refractivity (Wildman–Crippen MR) is 63.2 cm³/mol. The molecule has 0 atom stereocenters. The van der Waals surface area contributed by atoms with E-state index in [1.54, 1.807) is 7.05 Å². The van der Waals surface area contributed by atoms with Crippen molar-refractivity contribution in [3.63, 3.8) is 0 Å². The van der Waals surface area contributed by atoms with Gasteiger partial charge < -0.3 is 5.11 Å². The van der Waals surface area contributed by atoms with E-state index < -0.39 is 5.97 Å². The molecule has 6 heteroatoms. The van der Waals surface area contributed by atoms with Crippen LogP contribution in [0, 0.1) is 6.92 Å². The van der Waals surface area contributed by atoms with Crippen LogP contribution in [0.2, 0.25) is 5.02 Å². The number of hydrogen-bond donors (Lipinski definition) is 1. The van der Waals surface area contributed by atoms with E-state index in [1.807, 2.05) is 18.4 Å². The largest absolute Gasteiger partial charge is 0.476 e. The Kier molecular flexibility index (Phi) is 2.73. The molecule has 0 bridgehead atoms. The van der Waals surface area contributed by atoms with Crippen LogP contribution in [0.15, 0.2) is 11.4 Å². The van der Waals surface area contributed by atoms with Crippen molar-refractivity contribution in [2.75, 3.05) is 0 Å². The number of carboxylic acids is 1. The highest BCUT2D eigenvalue weighted by atomic mass is 35.5. The molecule has 0 unspecified atom stereocenters. The second kappa shape index (κ2) is 3.92. The average Bonchev–Trinajstić information content (AvgIpc) is 2.70. The molecule has 2 heterocycles. The molecule has 2 aromatic heterocycles. The molecule has 0 saturated heterocycles. The minimum Gasteiger partial charge on any atom is -0.476 e. The second-order valence-electron chi connectivity index (χ2n) is 3.37. The summed E-state index contributed by atoms with van der Waals surface area (Å²) in [5.74, 6) is -1.07. The number of aryl methyl sites for hydroxylation is 2. The lowest BCUT2D eigenvalue weighted by atomic mass is 10.2. The number of halogens is 1. The number of thiophene rings is 1. The summed E-state index contributed by atoms with van der Waals surface area (Å²) in [7, 11) is 1.57. The van der Waals surface area contributed by atoms with Gasteiger partial charge in [-0.25, -0.2) is 4.79 Å². The van der Waals surface area contributed by atoms with Gasteiger partial charge in [0.15, 0.2) is 5.69 Å². The van der Waals surface area contributed by atoms with Crippen molar-refractivity contribution in [2.24, 2.45) is 7.05 Å². The Labute approximate surface area is 101 Å². The molecule has 16 heavy (non-hydrogen) atoms. The number of rotatable bonds is 2. The number of carbonyl (C=O) groups is 1. The number of hydrogen-bond acceptors (Lipinski definition) is 3. The molecule has 0 aliphatic rings. The normalized spacial score (nSPS) is 10.7. The molecule has 0 saturated carbocycles. The van der Waals surface area contributed by atoms with E-state index >= 15 is 0 Å². The van der Waals surface area contributed by atoms with Crippen LogP contribution < -0.4 is 0 Å². The fourth-order valence-corrected chi connectivity index (χ4v) is 2.80. The molecule has 0 amide bonds. The van der Waals surface area contributed by atoms with E-state index in [-0.39, 0.29) is 10.7 Å². The monoisotopic (exact) mass is 256 g/mol. The van der Waals surface area contributed by atoms with Gasteiger partial charge in [0.25, 0.3) is 0 Å². The van der Waals surface area contributed by atoms with E-state index in [0.29, 0.717) is 5.69 Å². The minimum absolute atomic E-state index is 0.0180. The van der Waals surface area contributed by atoms with Gasteiger partial charge in [0.1, 0.15) is 10.7 Å². The zero-order chi connectivity index (χ0) is 11.9. The Balaban J connectivity index is 2.65. The highest BCUT2D eigenvalue weighted by Gasteiger charge is 2.22. The molecule has 0 aromatic carbocycles. The third-order valence-electron chi connectivity index (χ3n) is 2.27. The minimum atomic E-state index is -1.07. The first-order valence-electron chi connectivity index (χ1n) is 4.52. The Morgan fingerprint density at radius 2 is 2.31 bits per heavy atom. The molecule has 1 N–H and O–H groups in total. The Morgan fingerprint density at radius 3 is 2.75 bits per heavy atom. The summed E-state index contributed by atoms with van der Waals surface area (Å²) in [5, 5.41) is 15.3. The molecule has 0 aliphatic carbocycles. The highest BCUT2D eigenvalue weighted by molar-refractivity contribution is 7.13. The van der Waals surface area contributed by atoms with Crippen molar-refractivity contribution >= 4 is 28.9 Å². The van der Waals surface area contributed by atoms with Gasteiger partial charge in [-0.3, -0.25) is 4.68 Å². The number of nitrogens with zero attached hydrogens (tertiary/aromatic N) is 2. The fraction of sp³-hybridized carbons (Fsp3) is 0.200. The average molecular weight is 257 g/mol. The van der Waals surface area contributed by atoms with Gasteiger partial charge in [-0.05, 0) is 23.9 Å². The molecule has 84 valence electrons. The van der Waals surface area contributed by atoms with E-state index in [9.17, 15) is 4.79 Å². The standard InChI is InChI=1S/C10H9ClN2O2S/c1-5-3-4-16-9(5)7-6(11)8(10(14)15)13(2)12-7/h3-4H,1-2H3,(H,14,15). The van der Waals surface area contributed by atoms with Crippen LogP contribution >= 0.6 is 22.9 Å². The molecule has 0 radical (unpaired) electrons. The van der Waals surface area contributed by atoms with Gasteiger partial charge in [0, 0.05) is 7.05 Å². The van der Waals surface area contributed by atoms with Crippen molar-refractivity contribution in [1.82, 2.24) is 9.78 Å². The number of aromatic carboxylic acids is 1. The van der Waals surface area contributed by atoms with E-state index in [4.69, 9.17) is 16.7 Å². The lowest BCUT2D eigenvalue weighted by Crippen LogP contribution is -2.05. The summed E-state index contributed by atoms with van der Waals surface area (Å²) in [5.41, 5.74) is 1.60. The van der Waals surface area contributed by atoms with Crippen LogP contribution in [0.5, 0.6) is 0 Å². The maximum absolute atomic E-state index is 11.0. The Hall–Kier alpha value is -1.33. The molecule has 2 aromatic rings. The third kappa shape index (κ3) is 1.62. The summed E-state index contributed by atoms with van der Waals surface area (Å²) in [6, 6.07) is 1.95. The third-order valence-corrected chi connectivity index (χ3v) is 3.65. The molecule has 0 aliphatic heterocycles. The fourth-order valence-electron chi connectivity index (χ4n) is 1.49. The zero-order valence-corrected chi connectivity index (χ0v) is 10.3. The van der Waals surface area contributed by atoms with Crippen LogP contribution in [-0.2, 0) is 7.05 Å². The zero-order valence-electron chi connectivity index (χ0n) is 8.69. The molecular weight excluding hydrogens is 248 g/mol. The van der Waals surface area contributed by atoms with Crippen molar-refractivity contribution < 1.29 is 9.90 Å². The lowest BCUT2D eigenvalue weighted by Gasteiger charge is -1.94. The van der Waals surface area contributed by atoms with Crippen molar-refractivity contribution in [1.29, 1.82) is 0 Å². The van der Waals surface area contributed by atoms with Crippen molar-refractivity contribution in [3.05, 3.63) is 27.7 Å². The highest BCUT2D eigenvalue weighted by Crippen LogP contribution is 2.35. The second-order valence-corrected chi connectivity index (χ2v) is 4.67. The molecule has 0 fully saturated rings. The van der Waals surface area contributed by atoms with Crippen LogP contribution in [0.25, 0.3) is 10.6 Å². The van der Waals surface area contributed by atoms with Gasteiger partial charge in [0.05, 0.1) is 4.88 Å². The van der Waals surface area contributed by atoms with Crippen LogP contribution in [0.3, 0.4) is 0 Å². The first-order chi connectivity index (χ1) is 7.52. The van der Waals surface area contributed by atoms with Crippen molar-refractivity contribution in [3.8, 4) is 10.6 Å². The SMILES string of the molecule is Cc1ccsc1-c1nn(C)c(C(=O)O)c1Cl. The Bertz CT molecular complexity index is 559. The number of carboxylic acid groups (broad SMARTS) is 1. The van der Waals surface area contributed by atoms with Gasteiger partial charge >= 0.3 is 5.97 Å². The van der Waals surface area contributed by atoms with Crippen LogP contribution in [-0.4, -0.2) is 20.9 Å². The van der Waals surface area contributed by atoms with Gasteiger partial charge in [-0.1, -0.05) is 11.6 Å². The number of aromatic nitrogens is 2. The van der Waals surface area contributed by atoms with E-state index in [1.165, 1.54) is 16.0 Å². The predicted octanol–water partition coefficient (Wildman–Crippen LogP) is 2.81. The molecule has 2 rings (SSSR count). The molecule has 4 nitrogen and oxygen atoms in total. The summed E-state index contributed by atoms with van der Waals surface area (Å²) in [6.45, 7) is 1.94. The van der Waals surface area contributed by atoms with Crippen molar-refractivity contribution in [2.45, 2.75) is 6.92 Å². The van der Waals surface area contributed by atoms with Gasteiger partial charge in [-0.2, -0.15) is 5.10 Å². The van der Waals surface area contributed by atoms with Crippen LogP contribution in [0.4, 0.5) is 0 Å². The maximum Gasteiger partial charge on any atom is 0.355 e. The lowest BCUT2D eigenvalue weighted by molar-refractivity contribution is 0.0685. The topological polar surface area (TPSA) is 55.1 Å². The van der Waals surface area contributed by atoms with E-state index in [0.717, 1.165) is 10.4 Å². The summed E-state index contributed by atoms with van der Waals surface area (Å²) in [4.78, 5) is 11.9. The smallest absolute Gasteiger partial charge is 0.355 e. The first kappa shape index (κ1) is 11.2. The van der Waals surface area contributed by atoms with Gasteiger partial charge in [0.2, 0.25) is 0 Å². The maximum atomic E-state index is 11.0. The summed E-state index contributed by atoms with van der Waals surface area (Å²) >= 11 is 7.53. The molecular formula is C10H9ClN2O2S. The summed E-state index contributed by atoms with van der Waals surface area (Å²) < 4.78 is 1.29. The van der Waals surface area contributed by atoms with Gasteiger partial charge in [-0.15, -0.1) is 11.3 Å². The molecule has 0 spiro atoms. The van der Waals surface area contributed by atoms with E-state index in [2.05, 4.69) is 5.10 Å². The summed E-state index contributed by atoms with van der Waals surface area (Å²) in [6.07, 6.45) is 0. The quantitative estimate of drug-likeness (QED) is 0.899. The first-order valence-corrected chi connectivity index (χ1v) is 5.78. The Morgan fingerprint density at radius 1 is 1.62 bits per heavy atom. The van der Waals surface area contributed by atoms with Crippen LogP contribution in [0.1, 0.15) is 16.1 Å².